The Hall–Kier alpha value is -1.50. The van der Waals surface area contributed by atoms with Gasteiger partial charge in [0, 0.05) is 13.1 Å². The summed E-state index contributed by atoms with van der Waals surface area (Å²) < 4.78 is 11.8. The van der Waals surface area contributed by atoms with Gasteiger partial charge in [0.15, 0.2) is 0 Å². The molecule has 0 bridgehead atoms. The van der Waals surface area contributed by atoms with E-state index in [4.69, 9.17) is 9.47 Å². The number of unbranched alkanes of at least 4 members (excludes halogenated alkanes) is 1. The lowest BCUT2D eigenvalue weighted by atomic mass is 10.1. The Balaban J connectivity index is 0.00000341. The van der Waals surface area contributed by atoms with E-state index in [1.54, 1.807) is 0 Å². The van der Waals surface area contributed by atoms with Gasteiger partial charge < -0.3 is 9.47 Å². The first-order chi connectivity index (χ1) is 14.7. The third-order valence-electron chi connectivity index (χ3n) is 5.97. The van der Waals surface area contributed by atoms with Crippen LogP contribution in [0.25, 0.3) is 0 Å². The molecule has 0 unspecified atom stereocenters. The summed E-state index contributed by atoms with van der Waals surface area (Å²) in [6.07, 6.45) is 9.15. The molecule has 0 spiro atoms. The van der Waals surface area contributed by atoms with Crippen LogP contribution in [0.1, 0.15) is 58.3 Å². The van der Waals surface area contributed by atoms with E-state index < -0.39 is 0 Å². The van der Waals surface area contributed by atoms with Crippen molar-refractivity contribution in [2.75, 3.05) is 51.2 Å². The molecule has 7 heteroatoms. The number of hydrogen-bond acceptors (Lipinski definition) is 5. The van der Waals surface area contributed by atoms with Crippen LogP contribution >= 0.6 is 12.4 Å². The normalized spacial score (nSPS) is 17.7. The van der Waals surface area contributed by atoms with Gasteiger partial charge in [0.05, 0.1) is 12.3 Å². The lowest BCUT2D eigenvalue weighted by Gasteiger charge is -2.34. The number of likely N-dealkylation sites (tertiary alicyclic amines) is 2. The quantitative estimate of drug-likeness (QED) is 0.495. The summed E-state index contributed by atoms with van der Waals surface area (Å²) in [7, 11) is 0. The number of para-hydroxylation sites is 2. The van der Waals surface area contributed by atoms with Gasteiger partial charge in [-0.05, 0) is 70.4 Å². The Kier molecular flexibility index (Phi) is 12.1. The Bertz CT molecular complexity index is 614. The lowest BCUT2D eigenvalue weighted by Crippen LogP contribution is -2.46. The van der Waals surface area contributed by atoms with Gasteiger partial charge >= 0.3 is 6.09 Å². The van der Waals surface area contributed by atoms with Crippen LogP contribution in [0.4, 0.5) is 10.5 Å². The molecule has 1 aromatic carbocycles. The molecule has 0 radical (unpaired) electrons. The lowest BCUT2D eigenvalue weighted by molar-refractivity contribution is 0.0438. The summed E-state index contributed by atoms with van der Waals surface area (Å²) >= 11 is 0. The van der Waals surface area contributed by atoms with E-state index in [9.17, 15) is 4.79 Å². The van der Waals surface area contributed by atoms with Gasteiger partial charge in [0.2, 0.25) is 0 Å². The highest BCUT2D eigenvalue weighted by Gasteiger charge is 2.24. The second-order valence-corrected chi connectivity index (χ2v) is 8.57. The standard InChI is InChI=1S/C24H39N3O3.ClH/c1-2-3-18-29-23-13-7-6-12-22(23)25-24(28)30-21(19-26-14-8-4-9-15-26)20-27-16-10-5-11-17-27;/h6-7,12-13,21H,2-5,8-11,14-20H2,1H3,(H,25,28);1H. The molecule has 6 nitrogen and oxygen atoms in total. The van der Waals surface area contributed by atoms with E-state index in [1.807, 2.05) is 24.3 Å². The highest BCUT2D eigenvalue weighted by molar-refractivity contribution is 5.86. The number of carbonyl (C=O) groups is 1. The minimum absolute atomic E-state index is 0. The number of hydrogen-bond donors (Lipinski definition) is 1. The van der Waals surface area contributed by atoms with E-state index in [1.165, 1.54) is 38.5 Å². The molecule has 1 amide bonds. The van der Waals surface area contributed by atoms with Crippen LogP contribution in [0.3, 0.4) is 0 Å². The zero-order chi connectivity index (χ0) is 21.0. The summed E-state index contributed by atoms with van der Waals surface area (Å²) in [6.45, 7) is 8.85. The van der Waals surface area contributed by atoms with E-state index in [0.29, 0.717) is 18.0 Å². The summed E-state index contributed by atoms with van der Waals surface area (Å²) in [5.74, 6) is 0.700. The third-order valence-corrected chi connectivity index (χ3v) is 5.97. The van der Waals surface area contributed by atoms with Gasteiger partial charge in [-0.25, -0.2) is 4.79 Å². The van der Waals surface area contributed by atoms with Crippen LogP contribution < -0.4 is 10.1 Å². The van der Waals surface area contributed by atoms with Gasteiger partial charge in [-0.1, -0.05) is 38.3 Å². The van der Waals surface area contributed by atoms with Crippen LogP contribution in [0.5, 0.6) is 5.75 Å². The van der Waals surface area contributed by atoms with Gasteiger partial charge in [-0.3, -0.25) is 15.1 Å². The van der Waals surface area contributed by atoms with Crippen molar-refractivity contribution < 1.29 is 14.3 Å². The van der Waals surface area contributed by atoms with Gasteiger partial charge in [0.25, 0.3) is 0 Å². The van der Waals surface area contributed by atoms with Crippen molar-refractivity contribution >= 4 is 24.2 Å². The molecule has 2 fully saturated rings. The highest BCUT2D eigenvalue weighted by atomic mass is 35.5. The summed E-state index contributed by atoms with van der Waals surface area (Å²) in [5.41, 5.74) is 0.674. The number of nitrogens with zero attached hydrogens (tertiary/aromatic N) is 2. The number of carbonyl (C=O) groups excluding carboxylic acids is 1. The van der Waals surface area contributed by atoms with E-state index in [2.05, 4.69) is 22.0 Å². The molecule has 0 aromatic heterocycles. The van der Waals surface area contributed by atoms with Crippen LogP contribution in [-0.2, 0) is 4.74 Å². The molecule has 2 aliphatic rings. The average Bonchev–Trinajstić information content (AvgIpc) is 2.76. The van der Waals surface area contributed by atoms with Gasteiger partial charge in [-0.15, -0.1) is 12.4 Å². The van der Waals surface area contributed by atoms with Gasteiger partial charge in [-0.2, -0.15) is 0 Å². The van der Waals surface area contributed by atoms with E-state index in [0.717, 1.165) is 52.1 Å². The van der Waals surface area contributed by atoms with Crippen molar-refractivity contribution in [1.82, 2.24) is 9.80 Å². The Labute approximate surface area is 194 Å². The fourth-order valence-corrected chi connectivity index (χ4v) is 4.31. The number of nitrogens with one attached hydrogen (secondary N) is 1. The van der Waals surface area contributed by atoms with Crippen molar-refractivity contribution in [2.24, 2.45) is 0 Å². The molecule has 31 heavy (non-hydrogen) atoms. The molecule has 2 heterocycles. The zero-order valence-corrected chi connectivity index (χ0v) is 19.8. The Morgan fingerprint density at radius 2 is 1.55 bits per heavy atom. The highest BCUT2D eigenvalue weighted by Crippen LogP contribution is 2.24. The molecular weight excluding hydrogens is 414 g/mol. The molecule has 2 saturated heterocycles. The van der Waals surface area contributed by atoms with Crippen molar-refractivity contribution in [3.05, 3.63) is 24.3 Å². The topological polar surface area (TPSA) is 54.0 Å². The molecule has 1 N–H and O–H groups in total. The summed E-state index contributed by atoms with van der Waals surface area (Å²) in [5, 5.41) is 2.92. The number of ether oxygens (including phenoxy) is 2. The molecule has 2 aliphatic heterocycles. The second-order valence-electron chi connectivity index (χ2n) is 8.57. The number of piperidine rings is 2. The van der Waals surface area contributed by atoms with Crippen molar-refractivity contribution in [3.63, 3.8) is 0 Å². The molecule has 3 rings (SSSR count). The number of halogens is 1. The predicted octanol–water partition coefficient (Wildman–Crippen LogP) is 5.18. The van der Waals surface area contributed by atoms with E-state index in [-0.39, 0.29) is 24.6 Å². The predicted molar refractivity (Wildman–Crippen MR) is 129 cm³/mol. The van der Waals surface area contributed by atoms with Crippen molar-refractivity contribution in [2.45, 2.75) is 64.4 Å². The number of benzene rings is 1. The average molecular weight is 454 g/mol. The van der Waals surface area contributed by atoms with Gasteiger partial charge in [0.1, 0.15) is 11.9 Å². The molecular formula is C24H40ClN3O3. The smallest absolute Gasteiger partial charge is 0.412 e. The van der Waals surface area contributed by atoms with Crippen LogP contribution in [0.2, 0.25) is 0 Å². The van der Waals surface area contributed by atoms with Crippen molar-refractivity contribution in [3.8, 4) is 5.75 Å². The molecule has 0 aliphatic carbocycles. The second kappa shape index (κ2) is 14.5. The van der Waals surface area contributed by atoms with Crippen LogP contribution in [-0.4, -0.2) is 67.9 Å². The molecule has 1 aromatic rings. The van der Waals surface area contributed by atoms with Crippen LogP contribution in [0.15, 0.2) is 24.3 Å². The summed E-state index contributed by atoms with van der Waals surface area (Å²) in [6, 6.07) is 7.59. The summed E-state index contributed by atoms with van der Waals surface area (Å²) in [4.78, 5) is 17.7. The first-order valence-corrected chi connectivity index (χ1v) is 11.9. The molecule has 176 valence electrons. The number of rotatable bonds is 10. The minimum atomic E-state index is -0.388. The SMILES string of the molecule is CCCCOc1ccccc1NC(=O)OC(CN1CCCCC1)CN1CCCCC1.Cl. The Morgan fingerprint density at radius 3 is 2.13 bits per heavy atom. The fourth-order valence-electron chi connectivity index (χ4n) is 4.31. The van der Waals surface area contributed by atoms with Crippen LogP contribution in [0, 0.1) is 0 Å². The first-order valence-electron chi connectivity index (χ1n) is 11.9. The monoisotopic (exact) mass is 453 g/mol. The number of amides is 1. The maximum absolute atomic E-state index is 12.8. The molecule has 0 saturated carbocycles. The minimum Gasteiger partial charge on any atom is -0.491 e. The van der Waals surface area contributed by atoms with Crippen molar-refractivity contribution in [1.29, 1.82) is 0 Å². The first kappa shape index (κ1) is 25.8. The largest absolute Gasteiger partial charge is 0.491 e. The fraction of sp³-hybridized carbons (Fsp3) is 0.708. The third kappa shape index (κ3) is 9.26. The maximum Gasteiger partial charge on any atom is 0.412 e. The molecule has 0 atom stereocenters. The number of anilines is 1. The maximum atomic E-state index is 12.8. The van der Waals surface area contributed by atoms with E-state index >= 15 is 0 Å². The Morgan fingerprint density at radius 1 is 0.968 bits per heavy atom. The zero-order valence-electron chi connectivity index (χ0n) is 19.0.